The summed E-state index contributed by atoms with van der Waals surface area (Å²) in [5.41, 5.74) is 15.3. The summed E-state index contributed by atoms with van der Waals surface area (Å²) >= 11 is 0. The van der Waals surface area contributed by atoms with E-state index in [1.165, 1.54) is 0 Å². The summed E-state index contributed by atoms with van der Waals surface area (Å²) in [6.45, 7) is 3.27. The van der Waals surface area contributed by atoms with E-state index in [1.54, 1.807) is 13.8 Å². The number of azide groups is 1. The van der Waals surface area contributed by atoms with E-state index in [2.05, 4.69) is 15.1 Å². The van der Waals surface area contributed by atoms with Crippen molar-refractivity contribution in [1.29, 1.82) is 0 Å². The quantitative estimate of drug-likeness (QED) is 0.210. The molecule has 0 aromatic rings. The van der Waals surface area contributed by atoms with Gasteiger partial charge < -0.3 is 5.73 Å². The van der Waals surface area contributed by atoms with Gasteiger partial charge in [0.05, 0.1) is 6.04 Å². The van der Waals surface area contributed by atoms with Gasteiger partial charge in [0, 0.05) is 10.6 Å². The first-order valence-corrected chi connectivity index (χ1v) is 3.21. The third kappa shape index (κ3) is 4.13. The molecule has 12 heavy (non-hydrogen) atoms. The van der Waals surface area contributed by atoms with Crippen LogP contribution in [-0.4, -0.2) is 17.8 Å². The maximum absolute atomic E-state index is 10.2. The lowest BCUT2D eigenvalue weighted by atomic mass is 10.2. The summed E-state index contributed by atoms with van der Waals surface area (Å²) in [6, 6.07) is -1.13. The number of amides is 2. The Balaban J connectivity index is 4.16. The van der Waals surface area contributed by atoms with Crippen molar-refractivity contribution in [3.05, 3.63) is 10.4 Å². The standard InChI is InChI=1S/C5H10N6O/c1-3(4(2)9-11-7)8-10-5(6)12/h4H,1-2H3,(H3,6,10,12)/b8-3+. The van der Waals surface area contributed by atoms with E-state index in [4.69, 9.17) is 11.3 Å². The molecule has 0 saturated carbocycles. The number of nitrogens with two attached hydrogens (primary N) is 1. The van der Waals surface area contributed by atoms with Crippen LogP contribution in [0.3, 0.4) is 0 Å². The molecule has 0 rings (SSSR count). The first kappa shape index (κ1) is 10.2. The Labute approximate surface area is 69.2 Å². The Kier molecular flexibility index (Phi) is 4.25. The molecule has 7 heteroatoms. The molecule has 0 bridgehead atoms. The van der Waals surface area contributed by atoms with Gasteiger partial charge >= 0.3 is 6.03 Å². The topological polar surface area (TPSA) is 116 Å². The van der Waals surface area contributed by atoms with Gasteiger partial charge in [-0.05, 0) is 12.5 Å². The third-order valence-electron chi connectivity index (χ3n) is 1.17. The SMILES string of the molecule is C/C(=N\NC(N)=O)C(C)N=[N+]=[N-]. The zero-order chi connectivity index (χ0) is 9.56. The summed E-state index contributed by atoms with van der Waals surface area (Å²) in [7, 11) is 0. The molecule has 0 radical (unpaired) electrons. The third-order valence-corrected chi connectivity index (χ3v) is 1.17. The maximum Gasteiger partial charge on any atom is 0.332 e. The fourth-order valence-corrected chi connectivity index (χ4v) is 0.398. The molecule has 0 aromatic heterocycles. The highest BCUT2D eigenvalue weighted by Gasteiger charge is 2.01. The van der Waals surface area contributed by atoms with Crippen molar-refractivity contribution in [3.63, 3.8) is 0 Å². The summed E-state index contributed by atoms with van der Waals surface area (Å²) in [4.78, 5) is 12.8. The van der Waals surface area contributed by atoms with Crippen molar-refractivity contribution in [2.24, 2.45) is 15.9 Å². The van der Waals surface area contributed by atoms with Crippen LogP contribution in [0.15, 0.2) is 10.2 Å². The largest absolute Gasteiger partial charge is 0.350 e. The minimum absolute atomic E-state index is 0.387. The lowest BCUT2D eigenvalue weighted by Crippen LogP contribution is -2.27. The molecule has 2 amide bonds. The van der Waals surface area contributed by atoms with Crippen LogP contribution in [0.25, 0.3) is 10.4 Å². The monoisotopic (exact) mass is 170 g/mol. The molecule has 0 aromatic carbocycles. The first-order valence-electron chi connectivity index (χ1n) is 3.21. The van der Waals surface area contributed by atoms with Gasteiger partial charge in [-0.3, -0.25) is 0 Å². The molecule has 66 valence electrons. The number of hydrogen-bond donors (Lipinski definition) is 2. The molecule has 1 atom stereocenters. The summed E-state index contributed by atoms with van der Waals surface area (Å²) < 4.78 is 0. The Hall–Kier alpha value is -1.75. The molecule has 0 heterocycles. The van der Waals surface area contributed by atoms with Gasteiger partial charge in [-0.2, -0.15) is 5.10 Å². The fraction of sp³-hybridized carbons (Fsp3) is 0.600. The molecule has 3 N–H and O–H groups in total. The van der Waals surface area contributed by atoms with E-state index in [1.807, 2.05) is 5.43 Å². The van der Waals surface area contributed by atoms with Gasteiger partial charge in [-0.1, -0.05) is 12.0 Å². The molecule has 0 aliphatic heterocycles. The predicted molar refractivity (Wildman–Crippen MR) is 44.4 cm³/mol. The maximum atomic E-state index is 10.2. The van der Waals surface area contributed by atoms with Crippen molar-refractivity contribution in [3.8, 4) is 0 Å². The van der Waals surface area contributed by atoms with E-state index < -0.39 is 6.03 Å². The smallest absolute Gasteiger partial charge is 0.332 e. The van der Waals surface area contributed by atoms with Crippen LogP contribution in [0.4, 0.5) is 4.79 Å². The highest BCUT2D eigenvalue weighted by Crippen LogP contribution is 1.92. The van der Waals surface area contributed by atoms with Gasteiger partial charge in [-0.15, -0.1) is 0 Å². The minimum atomic E-state index is -0.748. The number of hydrogen-bond acceptors (Lipinski definition) is 3. The fourth-order valence-electron chi connectivity index (χ4n) is 0.398. The van der Waals surface area contributed by atoms with Gasteiger partial charge in [0.15, 0.2) is 0 Å². The highest BCUT2D eigenvalue weighted by molar-refractivity contribution is 5.88. The molecule has 0 saturated heterocycles. The number of primary amides is 1. The Bertz CT molecular complexity index is 240. The number of carbonyl (C=O) groups excluding carboxylic acids is 1. The van der Waals surface area contributed by atoms with Crippen LogP contribution >= 0.6 is 0 Å². The number of hydrazone groups is 1. The van der Waals surface area contributed by atoms with Gasteiger partial charge in [-0.25, -0.2) is 10.2 Å². The number of urea groups is 1. The molecular weight excluding hydrogens is 160 g/mol. The van der Waals surface area contributed by atoms with Crippen LogP contribution in [0.5, 0.6) is 0 Å². The Morgan fingerprint density at radius 2 is 2.33 bits per heavy atom. The minimum Gasteiger partial charge on any atom is -0.350 e. The van der Waals surface area contributed by atoms with Crippen molar-refractivity contribution in [1.82, 2.24) is 5.43 Å². The average molecular weight is 170 g/mol. The predicted octanol–water partition coefficient (Wildman–Crippen LogP) is 0.729. The first-order chi connectivity index (χ1) is 5.57. The van der Waals surface area contributed by atoms with Gasteiger partial charge in [0.1, 0.15) is 0 Å². The van der Waals surface area contributed by atoms with Gasteiger partial charge in [0.25, 0.3) is 0 Å². The van der Waals surface area contributed by atoms with Crippen molar-refractivity contribution in [2.75, 3.05) is 0 Å². The normalized spacial score (nSPS) is 13.0. The van der Waals surface area contributed by atoms with Crippen LogP contribution < -0.4 is 11.2 Å². The molecular formula is C5H10N6O. The van der Waals surface area contributed by atoms with Crippen LogP contribution in [-0.2, 0) is 0 Å². The second-order valence-corrected chi connectivity index (χ2v) is 2.11. The van der Waals surface area contributed by atoms with Crippen molar-refractivity contribution in [2.45, 2.75) is 19.9 Å². The molecule has 0 fully saturated rings. The number of nitrogens with zero attached hydrogens (tertiary/aromatic N) is 4. The zero-order valence-electron chi connectivity index (χ0n) is 6.85. The average Bonchev–Trinajstić information content (AvgIpc) is 2.00. The number of carbonyl (C=O) groups is 1. The van der Waals surface area contributed by atoms with E-state index in [0.29, 0.717) is 5.71 Å². The van der Waals surface area contributed by atoms with Crippen molar-refractivity contribution >= 4 is 11.7 Å². The Morgan fingerprint density at radius 1 is 1.75 bits per heavy atom. The summed E-state index contributed by atoms with van der Waals surface area (Å²) in [5.74, 6) is 0. The molecule has 1 unspecified atom stereocenters. The molecule has 7 nitrogen and oxygen atoms in total. The molecule has 0 aliphatic rings. The van der Waals surface area contributed by atoms with Crippen LogP contribution in [0.1, 0.15) is 13.8 Å². The van der Waals surface area contributed by atoms with E-state index in [-0.39, 0.29) is 6.04 Å². The van der Waals surface area contributed by atoms with E-state index >= 15 is 0 Å². The Morgan fingerprint density at radius 3 is 2.75 bits per heavy atom. The lowest BCUT2D eigenvalue weighted by molar-refractivity contribution is 0.249. The summed E-state index contributed by atoms with van der Waals surface area (Å²) in [5, 5.41) is 6.93. The molecule has 0 spiro atoms. The van der Waals surface area contributed by atoms with Crippen molar-refractivity contribution < 1.29 is 4.79 Å². The number of nitrogens with one attached hydrogen (secondary N) is 1. The zero-order valence-corrected chi connectivity index (χ0v) is 6.85. The van der Waals surface area contributed by atoms with Gasteiger partial charge in [0.2, 0.25) is 0 Å². The lowest BCUT2D eigenvalue weighted by Gasteiger charge is -2.02. The summed E-state index contributed by atoms with van der Waals surface area (Å²) in [6.07, 6.45) is 0. The van der Waals surface area contributed by atoms with E-state index in [9.17, 15) is 4.79 Å². The molecule has 0 aliphatic carbocycles. The second-order valence-electron chi connectivity index (χ2n) is 2.11. The van der Waals surface area contributed by atoms with Crippen LogP contribution in [0, 0.1) is 0 Å². The second kappa shape index (κ2) is 4.97. The number of rotatable bonds is 3. The van der Waals surface area contributed by atoms with Crippen LogP contribution in [0.2, 0.25) is 0 Å². The van der Waals surface area contributed by atoms with E-state index in [0.717, 1.165) is 0 Å². The highest BCUT2D eigenvalue weighted by atomic mass is 16.2.